The zero-order valence-corrected chi connectivity index (χ0v) is 17.4. The smallest absolute Gasteiger partial charge is 0.493 e. The van der Waals surface area contributed by atoms with E-state index in [9.17, 15) is 27.9 Å². The molecule has 0 saturated heterocycles. The van der Waals surface area contributed by atoms with Gasteiger partial charge in [-0.1, -0.05) is 0 Å². The second kappa shape index (κ2) is 8.40. The molecule has 0 aliphatic carbocycles. The van der Waals surface area contributed by atoms with E-state index in [0.29, 0.717) is 5.56 Å². The molecule has 2 aromatic heterocycles. The van der Waals surface area contributed by atoms with Crippen LogP contribution in [0.1, 0.15) is 36.8 Å². The number of aromatic hydroxyl groups is 1. The van der Waals surface area contributed by atoms with Crippen LogP contribution in [-0.4, -0.2) is 37.2 Å². The van der Waals surface area contributed by atoms with E-state index < -0.39 is 35.3 Å². The van der Waals surface area contributed by atoms with E-state index in [1.807, 2.05) is 0 Å². The molecule has 0 radical (unpaired) electrons. The fraction of sp³-hybridized carbons (Fsp3) is 0.286. The highest BCUT2D eigenvalue weighted by Gasteiger charge is 2.31. The number of nitrogens with zero attached hydrogens (tertiary/aromatic N) is 3. The Morgan fingerprint density at radius 3 is 2.38 bits per heavy atom. The first-order valence-electron chi connectivity index (χ1n) is 9.38. The van der Waals surface area contributed by atoms with Crippen LogP contribution in [0.5, 0.6) is 11.6 Å². The van der Waals surface area contributed by atoms with Crippen LogP contribution >= 0.6 is 0 Å². The molecule has 3 aromatic rings. The number of carbonyl (C=O) groups excluding carboxylic acids is 1. The highest BCUT2D eigenvalue weighted by Crippen LogP contribution is 2.24. The van der Waals surface area contributed by atoms with Gasteiger partial charge < -0.3 is 14.6 Å². The zero-order valence-electron chi connectivity index (χ0n) is 17.4. The van der Waals surface area contributed by atoms with Crippen LogP contribution < -0.4 is 10.4 Å². The number of rotatable bonds is 5. The highest BCUT2D eigenvalue weighted by molar-refractivity contribution is 5.87. The number of carbonyl (C=O) groups is 1. The predicted molar refractivity (Wildman–Crippen MR) is 107 cm³/mol. The molecule has 2 heterocycles. The number of ether oxygens (including phenoxy) is 2. The van der Waals surface area contributed by atoms with Gasteiger partial charge in [0.1, 0.15) is 17.0 Å². The topological polar surface area (TPSA) is 95.6 Å². The van der Waals surface area contributed by atoms with E-state index in [-0.39, 0.29) is 17.9 Å². The number of aromatic nitrogens is 3. The molecule has 8 nitrogen and oxygen atoms in total. The highest BCUT2D eigenvalue weighted by atomic mass is 19.4. The van der Waals surface area contributed by atoms with E-state index in [1.165, 1.54) is 35.2 Å². The fourth-order valence-electron chi connectivity index (χ4n) is 2.84. The van der Waals surface area contributed by atoms with Gasteiger partial charge in [0.2, 0.25) is 5.88 Å². The third-order valence-corrected chi connectivity index (χ3v) is 4.05. The first kappa shape index (κ1) is 22.9. The predicted octanol–water partition coefficient (Wildman–Crippen LogP) is 3.64. The van der Waals surface area contributed by atoms with Gasteiger partial charge in [-0.15, -0.1) is 13.2 Å². The molecular formula is C21H20F3N3O5. The number of alkyl halides is 3. The number of imidazole rings is 1. The van der Waals surface area contributed by atoms with E-state index >= 15 is 0 Å². The van der Waals surface area contributed by atoms with Crippen molar-refractivity contribution in [2.75, 3.05) is 0 Å². The minimum atomic E-state index is -4.84. The van der Waals surface area contributed by atoms with Gasteiger partial charge >= 0.3 is 18.0 Å². The van der Waals surface area contributed by atoms with E-state index in [1.54, 1.807) is 26.8 Å². The van der Waals surface area contributed by atoms with Gasteiger partial charge in [0, 0.05) is 6.20 Å². The number of halogens is 3. The van der Waals surface area contributed by atoms with Crippen LogP contribution in [0.4, 0.5) is 13.2 Å². The summed E-state index contributed by atoms with van der Waals surface area (Å²) < 4.78 is 48.1. The molecule has 1 aromatic carbocycles. The number of hydrogen-bond donors (Lipinski definition) is 1. The van der Waals surface area contributed by atoms with Gasteiger partial charge in [-0.05, 0) is 62.7 Å². The van der Waals surface area contributed by atoms with Crippen LogP contribution in [0.25, 0.3) is 5.69 Å². The Balaban J connectivity index is 1.84. The molecule has 3 rings (SSSR count). The lowest BCUT2D eigenvalue weighted by Crippen LogP contribution is -2.25. The van der Waals surface area contributed by atoms with Crippen molar-refractivity contribution < 1.29 is 32.5 Å². The third kappa shape index (κ3) is 5.68. The summed E-state index contributed by atoms with van der Waals surface area (Å²) in [4.78, 5) is 29.0. The molecule has 1 N–H and O–H groups in total. The molecule has 0 aliphatic rings. The summed E-state index contributed by atoms with van der Waals surface area (Å²) in [6.45, 7) is 5.18. The van der Waals surface area contributed by atoms with Crippen molar-refractivity contribution in [3.63, 3.8) is 0 Å². The molecule has 0 saturated carbocycles. The standard InChI is InChI=1S/C21H20F3N3O5/c1-20(2,3)32-18(29)16-10-13(8-9-25-16)11-26-12-17(28)27(19(26)30)14-4-6-15(7-5-14)31-21(22,23)24/h4-10,12,28H,11H2,1-3H3. The van der Waals surface area contributed by atoms with E-state index in [2.05, 4.69) is 9.72 Å². The molecular weight excluding hydrogens is 431 g/mol. The molecule has 0 bridgehead atoms. The summed E-state index contributed by atoms with van der Waals surface area (Å²) in [6.07, 6.45) is -2.27. The van der Waals surface area contributed by atoms with Crippen molar-refractivity contribution in [3.8, 4) is 17.3 Å². The minimum Gasteiger partial charge on any atom is -0.493 e. The SMILES string of the molecule is CC(C)(C)OC(=O)c1cc(Cn2cc(O)n(-c3ccc(OC(F)(F)F)cc3)c2=O)ccn1. The zero-order chi connectivity index (χ0) is 23.7. The van der Waals surface area contributed by atoms with E-state index in [4.69, 9.17) is 4.74 Å². The summed E-state index contributed by atoms with van der Waals surface area (Å²) in [5.41, 5.74) is -0.578. The molecule has 0 aliphatic heterocycles. The molecule has 0 unspecified atom stereocenters. The summed E-state index contributed by atoms with van der Waals surface area (Å²) >= 11 is 0. The van der Waals surface area contributed by atoms with Crippen LogP contribution in [0.2, 0.25) is 0 Å². The van der Waals surface area contributed by atoms with Crippen LogP contribution in [0.3, 0.4) is 0 Å². The maximum atomic E-state index is 12.8. The third-order valence-electron chi connectivity index (χ3n) is 4.05. The molecule has 32 heavy (non-hydrogen) atoms. The average Bonchev–Trinajstić information content (AvgIpc) is 2.93. The van der Waals surface area contributed by atoms with Crippen LogP contribution in [0.15, 0.2) is 53.6 Å². The lowest BCUT2D eigenvalue weighted by atomic mass is 10.2. The van der Waals surface area contributed by atoms with Crippen molar-refractivity contribution in [1.29, 1.82) is 0 Å². The monoisotopic (exact) mass is 451 g/mol. The largest absolute Gasteiger partial charge is 0.573 e. The molecule has 170 valence electrons. The number of esters is 1. The maximum Gasteiger partial charge on any atom is 0.573 e. The first-order chi connectivity index (χ1) is 14.8. The van der Waals surface area contributed by atoms with Crippen LogP contribution in [0, 0.1) is 0 Å². The van der Waals surface area contributed by atoms with Gasteiger partial charge in [0.15, 0.2) is 0 Å². The molecule has 0 amide bonds. The van der Waals surface area contributed by atoms with E-state index in [0.717, 1.165) is 16.7 Å². The Kier molecular flexibility index (Phi) is 6.02. The summed E-state index contributed by atoms with van der Waals surface area (Å²) in [5, 5.41) is 10.2. The van der Waals surface area contributed by atoms with Crippen molar-refractivity contribution >= 4 is 5.97 Å². The van der Waals surface area contributed by atoms with Crippen molar-refractivity contribution in [2.45, 2.75) is 39.3 Å². The Hall–Kier alpha value is -3.76. The Morgan fingerprint density at radius 1 is 1.12 bits per heavy atom. The van der Waals surface area contributed by atoms with Crippen LogP contribution in [-0.2, 0) is 11.3 Å². The minimum absolute atomic E-state index is 0.00692. The summed E-state index contributed by atoms with van der Waals surface area (Å²) in [7, 11) is 0. The molecule has 0 atom stereocenters. The average molecular weight is 451 g/mol. The number of benzene rings is 1. The summed E-state index contributed by atoms with van der Waals surface area (Å²) in [5.74, 6) is -1.49. The second-order valence-electron chi connectivity index (χ2n) is 7.83. The fourth-order valence-corrected chi connectivity index (χ4v) is 2.84. The molecule has 11 heteroatoms. The second-order valence-corrected chi connectivity index (χ2v) is 7.83. The Labute approximate surface area is 180 Å². The molecule has 0 spiro atoms. The lowest BCUT2D eigenvalue weighted by molar-refractivity contribution is -0.274. The van der Waals surface area contributed by atoms with Gasteiger partial charge in [0.05, 0.1) is 18.4 Å². The Morgan fingerprint density at radius 2 is 1.78 bits per heavy atom. The van der Waals surface area contributed by atoms with Crippen molar-refractivity contribution in [1.82, 2.24) is 14.1 Å². The van der Waals surface area contributed by atoms with Gasteiger partial charge in [-0.25, -0.2) is 19.1 Å². The van der Waals surface area contributed by atoms with Crippen molar-refractivity contribution in [3.05, 3.63) is 70.5 Å². The van der Waals surface area contributed by atoms with Gasteiger partial charge in [-0.2, -0.15) is 0 Å². The summed E-state index contributed by atoms with van der Waals surface area (Å²) in [6, 6.07) is 7.54. The normalized spacial score (nSPS) is 11.9. The van der Waals surface area contributed by atoms with Gasteiger partial charge in [0.25, 0.3) is 0 Å². The molecule has 0 fully saturated rings. The number of hydrogen-bond acceptors (Lipinski definition) is 6. The Bertz CT molecular complexity index is 1180. The first-order valence-corrected chi connectivity index (χ1v) is 9.38. The quantitative estimate of drug-likeness (QED) is 0.595. The maximum absolute atomic E-state index is 12.8. The lowest BCUT2D eigenvalue weighted by Gasteiger charge is -2.19. The van der Waals surface area contributed by atoms with Crippen molar-refractivity contribution in [2.24, 2.45) is 0 Å². The van der Waals surface area contributed by atoms with Gasteiger partial charge in [-0.3, -0.25) is 4.57 Å². The number of pyridine rings is 1.